The lowest BCUT2D eigenvalue weighted by atomic mass is 9.86. The molecule has 2 N–H and O–H groups in total. The minimum atomic E-state index is -0.807. The number of anilines is 1. The zero-order chi connectivity index (χ0) is 15.5. The van der Waals surface area contributed by atoms with Crippen LogP contribution in [0.5, 0.6) is 0 Å². The molecule has 0 aromatic heterocycles. The molecular weight excluding hydrogens is 268 g/mol. The van der Waals surface area contributed by atoms with E-state index in [4.69, 9.17) is 0 Å². The van der Waals surface area contributed by atoms with Crippen molar-refractivity contribution in [2.75, 3.05) is 18.5 Å². The number of hydrogen-bond donors (Lipinski definition) is 2. The van der Waals surface area contributed by atoms with Crippen LogP contribution in [-0.4, -0.2) is 30.7 Å². The molecule has 0 bridgehead atoms. The molecule has 2 amide bonds. The second-order valence-corrected chi connectivity index (χ2v) is 5.85. The standard InChI is InChI=1S/C16H22N2O3/c1-12-5-7-13(8-6-12)18(2)15(21)17-11-16(14(19)20)9-3-4-10-16/h5-8H,3-4,9-11H2,1-2H3,(H,17,21)(H,19,20). The summed E-state index contributed by atoms with van der Waals surface area (Å²) >= 11 is 0. The monoisotopic (exact) mass is 290 g/mol. The van der Waals surface area contributed by atoms with E-state index in [1.165, 1.54) is 4.90 Å². The summed E-state index contributed by atoms with van der Waals surface area (Å²) in [6.45, 7) is 2.18. The number of aryl methyl sites for hydroxylation is 1. The predicted octanol–water partition coefficient (Wildman–Crippen LogP) is 2.79. The van der Waals surface area contributed by atoms with Gasteiger partial charge >= 0.3 is 12.0 Å². The highest BCUT2D eigenvalue weighted by atomic mass is 16.4. The molecule has 1 aliphatic carbocycles. The first kappa shape index (κ1) is 15.4. The average molecular weight is 290 g/mol. The number of carboxylic acids is 1. The van der Waals surface area contributed by atoms with Gasteiger partial charge in [-0.1, -0.05) is 30.5 Å². The summed E-state index contributed by atoms with van der Waals surface area (Å²) in [6, 6.07) is 7.35. The van der Waals surface area contributed by atoms with Crippen molar-refractivity contribution in [3.63, 3.8) is 0 Å². The third-order valence-corrected chi connectivity index (χ3v) is 4.32. The summed E-state index contributed by atoms with van der Waals surface area (Å²) in [5, 5.41) is 12.2. The topological polar surface area (TPSA) is 69.6 Å². The Morgan fingerprint density at radius 3 is 2.33 bits per heavy atom. The average Bonchev–Trinajstić information content (AvgIpc) is 2.95. The van der Waals surface area contributed by atoms with E-state index in [0.29, 0.717) is 12.8 Å². The summed E-state index contributed by atoms with van der Waals surface area (Å²) < 4.78 is 0. The number of aliphatic carboxylic acids is 1. The number of amides is 2. The van der Waals surface area contributed by atoms with Gasteiger partial charge in [0.05, 0.1) is 5.41 Å². The van der Waals surface area contributed by atoms with Gasteiger partial charge in [-0.25, -0.2) is 4.79 Å². The summed E-state index contributed by atoms with van der Waals surface area (Å²) in [5.74, 6) is -0.807. The van der Waals surface area contributed by atoms with Crippen LogP contribution in [-0.2, 0) is 4.79 Å². The van der Waals surface area contributed by atoms with Crippen molar-refractivity contribution in [3.05, 3.63) is 29.8 Å². The van der Waals surface area contributed by atoms with Crippen LogP contribution in [0.3, 0.4) is 0 Å². The lowest BCUT2D eigenvalue weighted by molar-refractivity contribution is -0.148. The summed E-state index contributed by atoms with van der Waals surface area (Å²) in [5.41, 5.74) is 1.13. The highest BCUT2D eigenvalue weighted by molar-refractivity contribution is 5.91. The lowest BCUT2D eigenvalue weighted by Gasteiger charge is -2.26. The van der Waals surface area contributed by atoms with E-state index in [1.54, 1.807) is 7.05 Å². The van der Waals surface area contributed by atoms with E-state index in [9.17, 15) is 14.7 Å². The Morgan fingerprint density at radius 1 is 1.24 bits per heavy atom. The number of rotatable bonds is 4. The van der Waals surface area contributed by atoms with Crippen molar-refractivity contribution >= 4 is 17.7 Å². The van der Waals surface area contributed by atoms with Gasteiger partial charge in [0.25, 0.3) is 0 Å². The fourth-order valence-corrected chi connectivity index (χ4v) is 2.77. The minimum absolute atomic E-state index is 0.192. The Morgan fingerprint density at radius 2 is 1.81 bits per heavy atom. The van der Waals surface area contributed by atoms with Crippen molar-refractivity contribution < 1.29 is 14.7 Å². The number of carbonyl (C=O) groups excluding carboxylic acids is 1. The minimum Gasteiger partial charge on any atom is -0.481 e. The molecule has 0 heterocycles. The first-order chi connectivity index (χ1) is 9.94. The largest absolute Gasteiger partial charge is 0.481 e. The molecule has 5 heteroatoms. The van der Waals surface area contributed by atoms with Gasteiger partial charge in [-0.2, -0.15) is 0 Å². The molecule has 5 nitrogen and oxygen atoms in total. The molecule has 1 saturated carbocycles. The van der Waals surface area contributed by atoms with E-state index in [1.807, 2.05) is 31.2 Å². The molecule has 2 rings (SSSR count). The Hall–Kier alpha value is -2.04. The molecule has 0 spiro atoms. The zero-order valence-electron chi connectivity index (χ0n) is 12.6. The molecule has 1 aromatic carbocycles. The van der Waals surface area contributed by atoms with E-state index in [-0.39, 0.29) is 12.6 Å². The second kappa shape index (κ2) is 6.16. The number of hydrogen-bond acceptors (Lipinski definition) is 2. The van der Waals surface area contributed by atoms with Crippen LogP contribution in [0.25, 0.3) is 0 Å². The number of carbonyl (C=O) groups is 2. The maximum Gasteiger partial charge on any atom is 0.321 e. The van der Waals surface area contributed by atoms with Gasteiger partial charge in [-0.05, 0) is 31.9 Å². The Labute approximate surface area is 125 Å². The summed E-state index contributed by atoms with van der Waals surface area (Å²) in [7, 11) is 1.68. The van der Waals surface area contributed by atoms with Crippen LogP contribution >= 0.6 is 0 Å². The van der Waals surface area contributed by atoms with Crippen LogP contribution in [0.2, 0.25) is 0 Å². The molecular formula is C16H22N2O3. The van der Waals surface area contributed by atoms with Gasteiger partial charge in [0, 0.05) is 19.3 Å². The van der Waals surface area contributed by atoms with Gasteiger partial charge in [-0.15, -0.1) is 0 Å². The number of nitrogens with zero attached hydrogens (tertiary/aromatic N) is 1. The van der Waals surface area contributed by atoms with Crippen LogP contribution in [0.1, 0.15) is 31.2 Å². The maximum absolute atomic E-state index is 12.2. The van der Waals surface area contributed by atoms with E-state index in [2.05, 4.69) is 5.32 Å². The number of benzene rings is 1. The van der Waals surface area contributed by atoms with Crippen molar-refractivity contribution in [2.45, 2.75) is 32.6 Å². The second-order valence-electron chi connectivity index (χ2n) is 5.85. The number of nitrogens with one attached hydrogen (secondary N) is 1. The Balaban J connectivity index is 1.97. The molecule has 0 unspecified atom stereocenters. The quantitative estimate of drug-likeness (QED) is 0.896. The summed E-state index contributed by atoms with van der Waals surface area (Å²) in [4.78, 5) is 25.1. The molecule has 1 aromatic rings. The highest BCUT2D eigenvalue weighted by Crippen LogP contribution is 2.37. The van der Waals surface area contributed by atoms with Gasteiger partial charge in [0.2, 0.25) is 0 Å². The van der Waals surface area contributed by atoms with Crippen molar-refractivity contribution in [3.8, 4) is 0 Å². The molecule has 0 radical (unpaired) electrons. The van der Waals surface area contributed by atoms with Crippen LogP contribution in [0, 0.1) is 12.3 Å². The molecule has 21 heavy (non-hydrogen) atoms. The summed E-state index contributed by atoms with van der Waals surface area (Å²) in [6.07, 6.45) is 3.10. The Kier molecular flexibility index (Phi) is 4.50. The molecule has 0 atom stereocenters. The first-order valence-corrected chi connectivity index (χ1v) is 7.26. The van der Waals surface area contributed by atoms with Crippen molar-refractivity contribution in [2.24, 2.45) is 5.41 Å². The Bertz CT molecular complexity index is 519. The zero-order valence-corrected chi connectivity index (χ0v) is 12.6. The molecule has 1 fully saturated rings. The van der Waals surface area contributed by atoms with Gasteiger partial charge in [-0.3, -0.25) is 9.69 Å². The van der Waals surface area contributed by atoms with E-state index < -0.39 is 11.4 Å². The van der Waals surface area contributed by atoms with E-state index in [0.717, 1.165) is 24.1 Å². The molecule has 0 saturated heterocycles. The fourth-order valence-electron chi connectivity index (χ4n) is 2.77. The number of carboxylic acid groups (broad SMARTS) is 1. The molecule has 0 aliphatic heterocycles. The van der Waals surface area contributed by atoms with Crippen molar-refractivity contribution in [1.29, 1.82) is 0 Å². The normalized spacial score (nSPS) is 16.5. The van der Waals surface area contributed by atoms with Crippen LogP contribution in [0.4, 0.5) is 10.5 Å². The van der Waals surface area contributed by atoms with Gasteiger partial charge < -0.3 is 10.4 Å². The smallest absolute Gasteiger partial charge is 0.321 e. The van der Waals surface area contributed by atoms with Gasteiger partial charge in [0.15, 0.2) is 0 Å². The highest BCUT2D eigenvalue weighted by Gasteiger charge is 2.41. The fraction of sp³-hybridized carbons (Fsp3) is 0.500. The first-order valence-electron chi connectivity index (χ1n) is 7.26. The van der Waals surface area contributed by atoms with Gasteiger partial charge in [0.1, 0.15) is 0 Å². The third kappa shape index (κ3) is 3.35. The predicted molar refractivity (Wildman–Crippen MR) is 81.5 cm³/mol. The number of urea groups is 1. The lowest BCUT2D eigenvalue weighted by Crippen LogP contribution is -2.45. The van der Waals surface area contributed by atoms with Crippen LogP contribution < -0.4 is 10.2 Å². The van der Waals surface area contributed by atoms with Crippen molar-refractivity contribution in [1.82, 2.24) is 5.32 Å². The SMILES string of the molecule is Cc1ccc(N(C)C(=O)NCC2(C(=O)O)CCCC2)cc1. The molecule has 1 aliphatic rings. The maximum atomic E-state index is 12.2. The molecule has 114 valence electrons. The van der Waals surface area contributed by atoms with E-state index >= 15 is 0 Å². The van der Waals surface area contributed by atoms with Crippen LogP contribution in [0.15, 0.2) is 24.3 Å². The third-order valence-electron chi connectivity index (χ3n) is 4.32.